The van der Waals surface area contributed by atoms with E-state index >= 15 is 0 Å². The number of amides is 1. The topological polar surface area (TPSA) is 113 Å². The smallest absolute Gasteiger partial charge is 0.326 e. The van der Waals surface area contributed by atoms with Crippen molar-refractivity contribution in [3.63, 3.8) is 0 Å². The molecule has 2 N–H and O–H groups in total. The number of nitrogens with zero attached hydrogens (tertiary/aromatic N) is 5. The largest absolute Gasteiger partial charge is 0.480 e. The van der Waals surface area contributed by atoms with Crippen LogP contribution < -0.4 is 20.0 Å². The van der Waals surface area contributed by atoms with E-state index in [1.807, 2.05) is 49.2 Å². The van der Waals surface area contributed by atoms with Gasteiger partial charge in [0.25, 0.3) is 0 Å². The monoisotopic (exact) mass is 484 g/mol. The van der Waals surface area contributed by atoms with E-state index in [9.17, 15) is 14.7 Å². The van der Waals surface area contributed by atoms with Crippen molar-refractivity contribution in [2.45, 2.75) is 32.5 Å². The predicted octanol–water partition coefficient (Wildman–Crippen LogP) is 3.98. The number of aliphatic carboxylic acids is 1. The fraction of sp³-hybridized carbons (Fsp3) is 0.259. The van der Waals surface area contributed by atoms with Crippen molar-refractivity contribution in [3.05, 3.63) is 71.9 Å². The number of hydrogen-bond donors (Lipinski definition) is 2. The Morgan fingerprint density at radius 2 is 2.00 bits per heavy atom. The molecular weight excluding hydrogens is 456 g/mol. The molecule has 9 heteroatoms. The number of pyridine rings is 1. The summed E-state index contributed by atoms with van der Waals surface area (Å²) in [5.74, 6) is -0.450. The van der Waals surface area contributed by atoms with E-state index in [1.165, 1.54) is 4.90 Å². The minimum Gasteiger partial charge on any atom is -0.480 e. The first-order chi connectivity index (χ1) is 17.4. The maximum absolute atomic E-state index is 12.2. The van der Waals surface area contributed by atoms with Crippen LogP contribution in [0.25, 0.3) is 0 Å². The molecule has 184 valence electrons. The molecule has 0 spiro atoms. The molecule has 0 aliphatic carbocycles. The third-order valence-electron chi connectivity index (χ3n) is 6.54. The number of nitrogens with one attached hydrogen (secondary N) is 1. The van der Waals surface area contributed by atoms with E-state index in [-0.39, 0.29) is 6.17 Å². The van der Waals surface area contributed by atoms with Gasteiger partial charge in [0, 0.05) is 24.5 Å². The zero-order chi connectivity index (χ0) is 25.8. The Morgan fingerprint density at radius 3 is 2.58 bits per heavy atom. The molecule has 0 saturated carbocycles. The molecule has 2 atom stereocenters. The molecule has 3 aromatic rings. The minimum atomic E-state index is -0.941. The third-order valence-corrected chi connectivity index (χ3v) is 6.54. The summed E-state index contributed by atoms with van der Waals surface area (Å²) in [6.45, 7) is 4.10. The van der Waals surface area contributed by atoms with Gasteiger partial charge < -0.3 is 20.2 Å². The van der Waals surface area contributed by atoms with Crippen molar-refractivity contribution in [2.24, 2.45) is 0 Å². The molecule has 2 heterocycles. The lowest BCUT2D eigenvalue weighted by Crippen LogP contribution is -2.52. The molecule has 36 heavy (non-hydrogen) atoms. The summed E-state index contributed by atoms with van der Waals surface area (Å²) >= 11 is 0. The zero-order valence-electron chi connectivity index (χ0n) is 20.4. The lowest BCUT2D eigenvalue weighted by Gasteiger charge is -2.34. The number of rotatable bonds is 9. The van der Waals surface area contributed by atoms with Crippen molar-refractivity contribution in [1.29, 1.82) is 5.26 Å². The first kappa shape index (κ1) is 24.5. The highest BCUT2D eigenvalue weighted by Crippen LogP contribution is 2.47. The minimum absolute atomic E-state index is 0.304. The normalized spacial score (nSPS) is 15.1. The molecule has 0 radical (unpaired) electrons. The highest BCUT2D eigenvalue weighted by Gasteiger charge is 2.41. The molecule has 1 aliphatic heterocycles. The van der Waals surface area contributed by atoms with Gasteiger partial charge in [-0.25, -0.2) is 9.78 Å². The number of carboxylic acids is 1. The van der Waals surface area contributed by atoms with Gasteiger partial charge in [-0.3, -0.25) is 9.69 Å². The number of hydrogen-bond acceptors (Lipinski definition) is 7. The van der Waals surface area contributed by atoms with Crippen LogP contribution in [0.3, 0.4) is 0 Å². The summed E-state index contributed by atoms with van der Waals surface area (Å²) in [6.07, 6.45) is 2.64. The van der Waals surface area contributed by atoms with Crippen LogP contribution in [0.5, 0.6) is 0 Å². The van der Waals surface area contributed by atoms with E-state index < -0.39 is 12.0 Å². The van der Waals surface area contributed by atoms with Crippen molar-refractivity contribution >= 4 is 40.9 Å². The third kappa shape index (κ3) is 4.41. The number of carboxylic acid groups (broad SMARTS) is 1. The SMILES string of the molecule is CCc1c(N(C=O)c2ccccn2)ccc2c1N([C@@H](C)C(=O)O)[C@@H](CNc1ccc(C#N)cc1)N2C. The Bertz CT molecular complexity index is 1290. The van der Waals surface area contributed by atoms with Crippen LogP contribution >= 0.6 is 0 Å². The van der Waals surface area contributed by atoms with E-state index in [4.69, 9.17) is 5.26 Å². The Labute approximate surface area is 210 Å². The van der Waals surface area contributed by atoms with Crippen LogP contribution in [0, 0.1) is 11.3 Å². The van der Waals surface area contributed by atoms with Crippen molar-refractivity contribution in [3.8, 4) is 6.07 Å². The molecule has 0 saturated heterocycles. The summed E-state index contributed by atoms with van der Waals surface area (Å²) < 4.78 is 0. The maximum atomic E-state index is 12.2. The second kappa shape index (κ2) is 10.4. The summed E-state index contributed by atoms with van der Waals surface area (Å²) in [7, 11) is 1.94. The molecule has 1 amide bonds. The van der Waals surface area contributed by atoms with Crippen LogP contribution in [0.15, 0.2) is 60.8 Å². The molecule has 0 fully saturated rings. The molecule has 0 unspecified atom stereocenters. The Morgan fingerprint density at radius 1 is 1.25 bits per heavy atom. The average Bonchev–Trinajstić information content (AvgIpc) is 3.19. The highest BCUT2D eigenvalue weighted by molar-refractivity contribution is 5.95. The van der Waals surface area contributed by atoms with Gasteiger partial charge in [-0.15, -0.1) is 0 Å². The molecule has 1 aromatic heterocycles. The second-order valence-corrected chi connectivity index (χ2v) is 8.53. The van der Waals surface area contributed by atoms with Gasteiger partial charge in [0.05, 0.1) is 35.2 Å². The number of anilines is 5. The Hall–Kier alpha value is -4.58. The second-order valence-electron chi connectivity index (χ2n) is 8.53. The summed E-state index contributed by atoms with van der Waals surface area (Å²) in [6, 6.07) is 17.6. The number of aromatic nitrogens is 1. The van der Waals surface area contributed by atoms with Gasteiger partial charge in [-0.2, -0.15) is 5.26 Å². The first-order valence-corrected chi connectivity index (χ1v) is 11.7. The molecule has 0 bridgehead atoms. The Balaban J connectivity index is 1.76. The summed E-state index contributed by atoms with van der Waals surface area (Å²) in [5, 5.41) is 22.4. The van der Waals surface area contributed by atoms with Gasteiger partial charge in [0.2, 0.25) is 6.41 Å². The Kier molecular flexibility index (Phi) is 7.06. The molecule has 2 aromatic carbocycles. The average molecular weight is 485 g/mol. The van der Waals surface area contributed by atoms with Crippen molar-refractivity contribution in [2.75, 3.05) is 33.6 Å². The van der Waals surface area contributed by atoms with Crippen molar-refractivity contribution in [1.82, 2.24) is 4.98 Å². The lowest BCUT2D eigenvalue weighted by atomic mass is 10.0. The van der Waals surface area contributed by atoms with Crippen LogP contribution in [0.4, 0.5) is 28.6 Å². The van der Waals surface area contributed by atoms with E-state index in [1.54, 1.807) is 37.4 Å². The zero-order valence-corrected chi connectivity index (χ0v) is 20.4. The molecule has 1 aliphatic rings. The predicted molar refractivity (Wildman–Crippen MR) is 140 cm³/mol. The fourth-order valence-electron chi connectivity index (χ4n) is 4.66. The number of fused-ring (bicyclic) bond motifs is 1. The highest BCUT2D eigenvalue weighted by atomic mass is 16.4. The van der Waals surface area contributed by atoms with Crippen LogP contribution in [0.2, 0.25) is 0 Å². The van der Waals surface area contributed by atoms with Gasteiger partial charge in [0.15, 0.2) is 0 Å². The standard InChI is InChI=1S/C27H28N6O3/c1-4-21-22(32(17-34)24-7-5-6-14-29-24)12-13-23-26(21)33(18(2)27(35)36)25(31(23)3)16-30-20-10-8-19(15-28)9-11-20/h5-14,17-18,25,30H,4,16H2,1-3H3,(H,35,36)/t18-,25-/m0/s1. The lowest BCUT2D eigenvalue weighted by molar-refractivity contribution is -0.138. The van der Waals surface area contributed by atoms with E-state index in [0.29, 0.717) is 30.0 Å². The summed E-state index contributed by atoms with van der Waals surface area (Å²) in [4.78, 5) is 34.1. The quantitative estimate of drug-likeness (QED) is 0.439. The van der Waals surface area contributed by atoms with E-state index in [0.717, 1.165) is 29.0 Å². The van der Waals surface area contributed by atoms with Gasteiger partial charge in [-0.05, 0) is 61.9 Å². The van der Waals surface area contributed by atoms with Crippen LogP contribution in [-0.4, -0.2) is 48.3 Å². The summed E-state index contributed by atoms with van der Waals surface area (Å²) in [5.41, 5.74) is 4.62. The number of benzene rings is 2. The van der Waals surface area contributed by atoms with E-state index in [2.05, 4.69) is 21.3 Å². The first-order valence-electron chi connectivity index (χ1n) is 11.7. The maximum Gasteiger partial charge on any atom is 0.326 e. The molecule has 9 nitrogen and oxygen atoms in total. The fourth-order valence-corrected chi connectivity index (χ4v) is 4.66. The van der Waals surface area contributed by atoms with Gasteiger partial charge >= 0.3 is 5.97 Å². The van der Waals surface area contributed by atoms with Gasteiger partial charge in [-0.1, -0.05) is 13.0 Å². The number of carbonyl (C=O) groups excluding carboxylic acids is 1. The van der Waals surface area contributed by atoms with Crippen LogP contribution in [-0.2, 0) is 16.0 Å². The molecule has 4 rings (SSSR count). The number of carbonyl (C=O) groups is 2. The number of nitriles is 1. The number of likely N-dealkylation sites (N-methyl/N-ethyl adjacent to an activating group) is 1. The van der Waals surface area contributed by atoms with Gasteiger partial charge in [0.1, 0.15) is 18.0 Å². The van der Waals surface area contributed by atoms with Crippen LogP contribution in [0.1, 0.15) is 25.0 Å². The van der Waals surface area contributed by atoms with Crippen molar-refractivity contribution < 1.29 is 14.7 Å². The molecular formula is C27H28N6O3.